The third-order valence-electron chi connectivity index (χ3n) is 2.49. The molecule has 3 heteroatoms. The van der Waals surface area contributed by atoms with Crippen LogP contribution in [0, 0.1) is 11.7 Å². The van der Waals surface area contributed by atoms with Gasteiger partial charge < -0.3 is 5.32 Å². The van der Waals surface area contributed by atoms with Gasteiger partial charge in [-0.1, -0.05) is 20.8 Å². The maximum absolute atomic E-state index is 12.7. The summed E-state index contributed by atoms with van der Waals surface area (Å²) in [6.07, 6.45) is 3.27. The highest BCUT2D eigenvalue weighted by molar-refractivity contribution is 5.06. The summed E-state index contributed by atoms with van der Waals surface area (Å²) in [5.41, 5.74) is 0.952. The molecule has 0 aliphatic heterocycles. The van der Waals surface area contributed by atoms with Crippen molar-refractivity contribution in [1.82, 2.24) is 10.3 Å². The molecule has 1 atom stereocenters. The number of nitrogens with one attached hydrogen (secondary N) is 1. The van der Waals surface area contributed by atoms with Crippen molar-refractivity contribution in [2.75, 3.05) is 6.54 Å². The lowest BCUT2D eigenvalue weighted by Crippen LogP contribution is -2.32. The van der Waals surface area contributed by atoms with Crippen molar-refractivity contribution in [2.45, 2.75) is 39.7 Å². The molecule has 0 aromatic carbocycles. The zero-order valence-electron chi connectivity index (χ0n) is 10.3. The van der Waals surface area contributed by atoms with Gasteiger partial charge in [0.2, 0.25) is 0 Å². The van der Waals surface area contributed by atoms with Crippen molar-refractivity contribution in [2.24, 2.45) is 5.92 Å². The average molecular weight is 224 g/mol. The summed E-state index contributed by atoms with van der Waals surface area (Å²) in [4.78, 5) is 4.09. The van der Waals surface area contributed by atoms with E-state index in [1.54, 1.807) is 6.07 Å². The second-order valence-electron chi connectivity index (χ2n) is 4.56. The molecule has 1 unspecified atom stereocenters. The van der Waals surface area contributed by atoms with Gasteiger partial charge in [0.15, 0.2) is 0 Å². The van der Waals surface area contributed by atoms with Gasteiger partial charge in [0, 0.05) is 18.2 Å². The zero-order valence-corrected chi connectivity index (χ0v) is 10.3. The van der Waals surface area contributed by atoms with Crippen LogP contribution in [-0.4, -0.2) is 17.6 Å². The molecule has 0 radical (unpaired) electrons. The Bertz CT molecular complexity index is 295. The van der Waals surface area contributed by atoms with E-state index < -0.39 is 0 Å². The van der Waals surface area contributed by atoms with Gasteiger partial charge in [0.1, 0.15) is 5.82 Å². The molecule has 90 valence electrons. The molecule has 0 spiro atoms. The highest BCUT2D eigenvalue weighted by atomic mass is 19.1. The predicted molar refractivity (Wildman–Crippen MR) is 64.8 cm³/mol. The SMILES string of the molecule is CCNC(Cc1ccc(F)cn1)CC(C)C. The third-order valence-corrected chi connectivity index (χ3v) is 2.49. The fourth-order valence-corrected chi connectivity index (χ4v) is 1.88. The van der Waals surface area contributed by atoms with Gasteiger partial charge in [-0.3, -0.25) is 4.98 Å². The molecular weight excluding hydrogens is 203 g/mol. The Kier molecular flexibility index (Phi) is 5.39. The fourth-order valence-electron chi connectivity index (χ4n) is 1.88. The summed E-state index contributed by atoms with van der Waals surface area (Å²) in [7, 11) is 0. The van der Waals surface area contributed by atoms with Crippen molar-refractivity contribution in [3.8, 4) is 0 Å². The van der Waals surface area contributed by atoms with Crippen LogP contribution in [0.1, 0.15) is 32.9 Å². The normalized spacial score (nSPS) is 13.1. The van der Waals surface area contributed by atoms with E-state index in [-0.39, 0.29) is 5.82 Å². The van der Waals surface area contributed by atoms with Crippen molar-refractivity contribution in [1.29, 1.82) is 0 Å². The van der Waals surface area contributed by atoms with E-state index in [0.29, 0.717) is 12.0 Å². The lowest BCUT2D eigenvalue weighted by atomic mass is 9.99. The fraction of sp³-hybridized carbons (Fsp3) is 0.615. The Morgan fingerprint density at radius 2 is 2.12 bits per heavy atom. The monoisotopic (exact) mass is 224 g/mol. The second-order valence-corrected chi connectivity index (χ2v) is 4.56. The van der Waals surface area contributed by atoms with Crippen LogP contribution in [0.15, 0.2) is 18.3 Å². The first kappa shape index (κ1) is 13.1. The van der Waals surface area contributed by atoms with E-state index in [1.807, 2.05) is 0 Å². The first-order chi connectivity index (χ1) is 7.61. The summed E-state index contributed by atoms with van der Waals surface area (Å²) in [6, 6.07) is 3.67. The summed E-state index contributed by atoms with van der Waals surface area (Å²) < 4.78 is 12.7. The van der Waals surface area contributed by atoms with Crippen LogP contribution in [0.3, 0.4) is 0 Å². The molecule has 0 amide bonds. The number of rotatable bonds is 6. The molecule has 0 bridgehead atoms. The lowest BCUT2D eigenvalue weighted by molar-refractivity contribution is 0.421. The van der Waals surface area contributed by atoms with E-state index >= 15 is 0 Å². The van der Waals surface area contributed by atoms with Gasteiger partial charge >= 0.3 is 0 Å². The van der Waals surface area contributed by atoms with Gasteiger partial charge in [0.05, 0.1) is 6.20 Å². The van der Waals surface area contributed by atoms with Crippen molar-refractivity contribution < 1.29 is 4.39 Å². The molecule has 1 N–H and O–H groups in total. The van der Waals surface area contributed by atoms with Gasteiger partial charge in [0.25, 0.3) is 0 Å². The zero-order chi connectivity index (χ0) is 12.0. The maximum atomic E-state index is 12.7. The van der Waals surface area contributed by atoms with Crippen LogP contribution < -0.4 is 5.32 Å². The number of pyridine rings is 1. The van der Waals surface area contributed by atoms with E-state index in [0.717, 1.165) is 25.1 Å². The number of aromatic nitrogens is 1. The number of halogens is 1. The Balaban J connectivity index is 2.56. The Hall–Kier alpha value is -0.960. The van der Waals surface area contributed by atoms with Crippen LogP contribution in [0.2, 0.25) is 0 Å². The maximum Gasteiger partial charge on any atom is 0.141 e. The Morgan fingerprint density at radius 1 is 1.38 bits per heavy atom. The van der Waals surface area contributed by atoms with E-state index in [2.05, 4.69) is 31.1 Å². The first-order valence-electron chi connectivity index (χ1n) is 5.95. The molecule has 0 saturated carbocycles. The van der Waals surface area contributed by atoms with Crippen LogP contribution in [0.4, 0.5) is 4.39 Å². The second kappa shape index (κ2) is 6.59. The van der Waals surface area contributed by atoms with E-state index in [4.69, 9.17) is 0 Å². The Morgan fingerprint density at radius 3 is 2.62 bits per heavy atom. The van der Waals surface area contributed by atoms with Crippen molar-refractivity contribution in [3.63, 3.8) is 0 Å². The standard InChI is InChI=1S/C13H21FN2/c1-4-15-13(7-10(2)3)8-12-6-5-11(14)9-16-12/h5-6,9-10,13,15H,4,7-8H2,1-3H3. The summed E-state index contributed by atoms with van der Waals surface area (Å²) in [5.74, 6) is 0.386. The number of hydrogen-bond donors (Lipinski definition) is 1. The molecule has 0 fully saturated rings. The minimum absolute atomic E-state index is 0.271. The quantitative estimate of drug-likeness (QED) is 0.803. The third kappa shape index (κ3) is 4.71. The van der Waals surface area contributed by atoms with Crippen molar-refractivity contribution in [3.05, 3.63) is 29.8 Å². The largest absolute Gasteiger partial charge is 0.314 e. The van der Waals surface area contributed by atoms with Crippen molar-refractivity contribution >= 4 is 0 Å². The van der Waals surface area contributed by atoms with E-state index in [9.17, 15) is 4.39 Å². The smallest absolute Gasteiger partial charge is 0.141 e. The predicted octanol–water partition coefficient (Wildman–Crippen LogP) is 2.79. The topological polar surface area (TPSA) is 24.9 Å². The Labute approximate surface area is 97.3 Å². The molecule has 1 heterocycles. The number of likely N-dealkylation sites (N-methyl/N-ethyl adjacent to an activating group) is 1. The highest BCUT2D eigenvalue weighted by Gasteiger charge is 2.11. The van der Waals surface area contributed by atoms with Gasteiger partial charge in [-0.05, 0) is 31.0 Å². The average Bonchev–Trinajstić information content (AvgIpc) is 2.21. The number of hydrogen-bond acceptors (Lipinski definition) is 2. The molecule has 1 aromatic rings. The van der Waals surface area contributed by atoms with Crippen LogP contribution in [0.25, 0.3) is 0 Å². The van der Waals surface area contributed by atoms with E-state index in [1.165, 1.54) is 12.3 Å². The summed E-state index contributed by atoms with van der Waals surface area (Å²) >= 11 is 0. The molecule has 0 aliphatic carbocycles. The van der Waals surface area contributed by atoms with Crippen LogP contribution in [0.5, 0.6) is 0 Å². The first-order valence-corrected chi connectivity index (χ1v) is 5.95. The molecule has 16 heavy (non-hydrogen) atoms. The molecule has 2 nitrogen and oxygen atoms in total. The van der Waals surface area contributed by atoms with Gasteiger partial charge in [-0.25, -0.2) is 4.39 Å². The molecule has 0 aliphatic rings. The summed E-state index contributed by atoms with van der Waals surface area (Å²) in [5, 5.41) is 3.44. The van der Waals surface area contributed by atoms with Gasteiger partial charge in [-0.15, -0.1) is 0 Å². The van der Waals surface area contributed by atoms with Crippen LogP contribution in [-0.2, 0) is 6.42 Å². The molecular formula is C13H21FN2. The summed E-state index contributed by atoms with van der Waals surface area (Å²) in [6.45, 7) is 7.48. The molecule has 1 aromatic heterocycles. The molecule has 0 saturated heterocycles. The van der Waals surface area contributed by atoms with Crippen LogP contribution >= 0.6 is 0 Å². The molecule has 1 rings (SSSR count). The lowest BCUT2D eigenvalue weighted by Gasteiger charge is -2.19. The minimum atomic E-state index is -0.271. The minimum Gasteiger partial charge on any atom is -0.314 e. The number of nitrogens with zero attached hydrogens (tertiary/aromatic N) is 1. The van der Waals surface area contributed by atoms with Gasteiger partial charge in [-0.2, -0.15) is 0 Å². The highest BCUT2D eigenvalue weighted by Crippen LogP contribution is 2.10.